The molecule has 1 heterocycles. The highest BCUT2D eigenvalue weighted by Gasteiger charge is 2.52. The molecule has 50 heavy (non-hydrogen) atoms. The maximum absolute atomic E-state index is 15.3. The van der Waals surface area contributed by atoms with E-state index in [1.54, 1.807) is 20.8 Å². The Morgan fingerprint density at radius 3 is 2.36 bits per heavy atom. The lowest BCUT2D eigenvalue weighted by atomic mass is 9.83. The number of amides is 2. The number of anilines is 1. The predicted molar refractivity (Wildman–Crippen MR) is 172 cm³/mol. The van der Waals surface area contributed by atoms with Gasteiger partial charge < -0.3 is 20.1 Å². The molecule has 2 amide bonds. The van der Waals surface area contributed by atoms with Crippen molar-refractivity contribution in [1.29, 1.82) is 0 Å². The van der Waals surface area contributed by atoms with E-state index in [0.717, 1.165) is 30.7 Å². The number of nitrogens with one attached hydrogen (secondary N) is 2. The van der Waals surface area contributed by atoms with Crippen LogP contribution in [0, 0.1) is 23.6 Å². The molecule has 3 aromatic rings. The van der Waals surface area contributed by atoms with Gasteiger partial charge in [-0.15, -0.1) is 0 Å². The molecule has 2 fully saturated rings. The van der Waals surface area contributed by atoms with E-state index in [-0.39, 0.29) is 52.9 Å². The van der Waals surface area contributed by atoms with Crippen LogP contribution in [0.2, 0.25) is 0 Å². The summed E-state index contributed by atoms with van der Waals surface area (Å²) in [5, 5.41) is 5.43. The molecular formula is C34H36F4N4O7S. The monoisotopic (exact) mass is 720 g/mol. The zero-order chi connectivity index (χ0) is 36.6. The number of sulfone groups is 1. The van der Waals surface area contributed by atoms with Gasteiger partial charge in [-0.05, 0) is 76.1 Å². The molecule has 16 heteroatoms. The average molecular weight is 721 g/mol. The summed E-state index contributed by atoms with van der Waals surface area (Å²) in [6.07, 6.45) is 5.07. The minimum atomic E-state index is -5.64. The van der Waals surface area contributed by atoms with Gasteiger partial charge in [0.15, 0.2) is 0 Å². The SMILES string of the molecule is COc1cc(F)c(-c2cnc(CCC(=O)OC(C)(C)C)cn2)cc1C(=O)N[C@@H]1[C@@H]2CC[C@@H](C2)[C@@H]1C(=O)Nc1cccc(S(=O)(=O)C(F)(F)F)c1. The van der Waals surface area contributed by atoms with Crippen LogP contribution in [0.3, 0.4) is 0 Å². The number of methoxy groups -OCH3 is 1. The van der Waals surface area contributed by atoms with Crippen LogP contribution in [0.4, 0.5) is 23.2 Å². The zero-order valence-corrected chi connectivity index (χ0v) is 28.5. The lowest BCUT2D eigenvalue weighted by Crippen LogP contribution is -2.48. The lowest BCUT2D eigenvalue weighted by molar-refractivity contribution is -0.154. The first-order valence-corrected chi connectivity index (χ1v) is 17.3. The highest BCUT2D eigenvalue weighted by atomic mass is 32.2. The average Bonchev–Trinajstić information content (AvgIpc) is 3.65. The summed E-state index contributed by atoms with van der Waals surface area (Å²) in [7, 11) is -4.37. The van der Waals surface area contributed by atoms with Crippen molar-refractivity contribution in [2.45, 2.75) is 74.9 Å². The van der Waals surface area contributed by atoms with Gasteiger partial charge in [-0.25, -0.2) is 12.8 Å². The molecule has 4 atom stereocenters. The first-order valence-electron chi connectivity index (χ1n) is 15.8. The lowest BCUT2D eigenvalue weighted by Gasteiger charge is -2.31. The minimum Gasteiger partial charge on any atom is -0.496 e. The van der Waals surface area contributed by atoms with Crippen LogP contribution < -0.4 is 15.4 Å². The van der Waals surface area contributed by atoms with Crippen LogP contribution in [0.1, 0.15) is 62.5 Å². The van der Waals surface area contributed by atoms with Gasteiger partial charge in [0, 0.05) is 36.0 Å². The third kappa shape index (κ3) is 7.90. The summed E-state index contributed by atoms with van der Waals surface area (Å²) in [5.41, 5.74) is -5.78. The Labute approximate surface area is 286 Å². The van der Waals surface area contributed by atoms with Crippen molar-refractivity contribution in [3.63, 3.8) is 0 Å². The molecule has 268 valence electrons. The molecule has 0 radical (unpaired) electrons. The van der Waals surface area contributed by atoms with E-state index < -0.39 is 61.4 Å². The van der Waals surface area contributed by atoms with E-state index in [9.17, 15) is 36.0 Å². The fourth-order valence-corrected chi connectivity index (χ4v) is 7.36. The Kier molecular flexibility index (Phi) is 10.2. The van der Waals surface area contributed by atoms with E-state index in [1.165, 1.54) is 31.6 Å². The van der Waals surface area contributed by atoms with E-state index in [4.69, 9.17) is 9.47 Å². The number of alkyl halides is 3. The number of rotatable bonds is 10. The molecule has 2 bridgehead atoms. The van der Waals surface area contributed by atoms with Crippen LogP contribution in [0.5, 0.6) is 5.75 Å². The Hall–Kier alpha value is -4.60. The largest absolute Gasteiger partial charge is 0.501 e. The quantitative estimate of drug-likeness (QED) is 0.200. The molecule has 0 unspecified atom stereocenters. The normalized spacial score (nSPS) is 20.3. The first-order chi connectivity index (χ1) is 23.4. The summed E-state index contributed by atoms with van der Waals surface area (Å²) in [6.45, 7) is 5.28. The Morgan fingerprint density at radius 1 is 1.00 bits per heavy atom. The van der Waals surface area contributed by atoms with Crippen LogP contribution in [0.15, 0.2) is 53.7 Å². The number of aryl methyl sites for hydroxylation is 1. The van der Waals surface area contributed by atoms with Crippen molar-refractivity contribution in [3.8, 4) is 17.0 Å². The standard InChI is InChI=1S/C34H36F4N4O7S/c1-33(2,3)49-28(43)11-10-21-16-40-26(17-39-21)23-14-24(27(48-4)15-25(23)35)31(44)42-30-19-9-8-18(12-19)29(30)32(45)41-20-6-5-7-22(13-20)50(46,47)34(36,37)38/h5-7,13-19,29-30H,8-12H2,1-4H3,(H,41,45)(H,42,44)/t18-,19+,29-,30+/m0/s1. The maximum Gasteiger partial charge on any atom is 0.501 e. The molecule has 0 saturated heterocycles. The van der Waals surface area contributed by atoms with E-state index in [0.29, 0.717) is 18.5 Å². The molecule has 2 N–H and O–H groups in total. The van der Waals surface area contributed by atoms with E-state index in [2.05, 4.69) is 20.6 Å². The minimum absolute atomic E-state index is 0.0355. The smallest absolute Gasteiger partial charge is 0.496 e. The number of hydrogen-bond donors (Lipinski definition) is 2. The van der Waals surface area contributed by atoms with Gasteiger partial charge in [0.1, 0.15) is 17.2 Å². The molecule has 5 rings (SSSR count). The van der Waals surface area contributed by atoms with Gasteiger partial charge in [-0.1, -0.05) is 6.07 Å². The number of hydrogen-bond acceptors (Lipinski definition) is 9. The molecule has 0 spiro atoms. The van der Waals surface area contributed by atoms with Gasteiger partial charge in [-0.3, -0.25) is 24.4 Å². The van der Waals surface area contributed by atoms with Crippen molar-refractivity contribution in [3.05, 3.63) is 65.9 Å². The number of nitrogens with zero attached hydrogens (tertiary/aromatic N) is 2. The fraction of sp³-hybridized carbons (Fsp3) is 0.441. The summed E-state index contributed by atoms with van der Waals surface area (Å²) in [6, 6.07) is 5.52. The number of carbonyl (C=O) groups excluding carboxylic acids is 3. The number of benzene rings is 2. The van der Waals surface area contributed by atoms with E-state index in [1.807, 2.05) is 0 Å². The predicted octanol–water partition coefficient (Wildman–Crippen LogP) is 5.64. The molecule has 2 aliphatic carbocycles. The zero-order valence-electron chi connectivity index (χ0n) is 27.6. The van der Waals surface area contributed by atoms with Crippen molar-refractivity contribution in [1.82, 2.24) is 15.3 Å². The van der Waals surface area contributed by atoms with Gasteiger partial charge >= 0.3 is 11.5 Å². The summed E-state index contributed by atoms with van der Waals surface area (Å²) < 4.78 is 89.0. The maximum atomic E-state index is 15.3. The fourth-order valence-electron chi connectivity index (χ4n) is 6.55. The molecule has 2 aromatic carbocycles. The molecular weight excluding hydrogens is 684 g/mol. The Morgan fingerprint density at radius 2 is 1.72 bits per heavy atom. The number of carbonyl (C=O) groups is 3. The summed E-state index contributed by atoms with van der Waals surface area (Å²) in [4.78, 5) is 46.9. The third-order valence-corrected chi connectivity index (χ3v) is 10.2. The topological polar surface area (TPSA) is 154 Å². The van der Waals surface area contributed by atoms with Gasteiger partial charge in [-0.2, -0.15) is 13.2 Å². The van der Waals surface area contributed by atoms with Gasteiger partial charge in [0.2, 0.25) is 5.91 Å². The number of ether oxygens (including phenoxy) is 2. The van der Waals surface area contributed by atoms with Gasteiger partial charge in [0.05, 0.1) is 47.5 Å². The molecule has 2 saturated carbocycles. The van der Waals surface area contributed by atoms with Crippen molar-refractivity contribution in [2.24, 2.45) is 17.8 Å². The second kappa shape index (κ2) is 14.0. The van der Waals surface area contributed by atoms with E-state index >= 15 is 4.39 Å². The Bertz CT molecular complexity index is 1900. The Balaban J connectivity index is 1.33. The highest BCUT2D eigenvalue weighted by molar-refractivity contribution is 7.92. The van der Waals surface area contributed by atoms with Crippen molar-refractivity contribution >= 4 is 33.3 Å². The van der Waals surface area contributed by atoms with Crippen molar-refractivity contribution in [2.75, 3.05) is 12.4 Å². The first kappa shape index (κ1) is 36.7. The summed E-state index contributed by atoms with van der Waals surface area (Å²) >= 11 is 0. The van der Waals surface area contributed by atoms with Crippen LogP contribution in [0.25, 0.3) is 11.3 Å². The number of aromatic nitrogens is 2. The highest BCUT2D eigenvalue weighted by Crippen LogP contribution is 2.49. The molecule has 2 aliphatic rings. The van der Waals surface area contributed by atoms with Crippen molar-refractivity contribution < 1.29 is 49.8 Å². The summed E-state index contributed by atoms with van der Waals surface area (Å²) in [5.74, 6) is -3.44. The second-order valence-corrected chi connectivity index (χ2v) is 15.3. The number of halogens is 4. The van der Waals surface area contributed by atoms with Crippen LogP contribution in [-0.2, 0) is 30.6 Å². The molecule has 1 aromatic heterocycles. The molecule has 0 aliphatic heterocycles. The number of esters is 1. The second-order valence-electron chi connectivity index (χ2n) is 13.3. The third-order valence-electron chi connectivity index (χ3n) is 8.75. The van der Waals surface area contributed by atoms with Crippen LogP contribution >= 0.6 is 0 Å². The number of fused-ring (bicyclic) bond motifs is 2. The molecule has 11 nitrogen and oxygen atoms in total. The van der Waals surface area contributed by atoms with Gasteiger partial charge in [0.25, 0.3) is 15.7 Å². The van der Waals surface area contributed by atoms with Crippen LogP contribution in [-0.4, -0.2) is 60.4 Å².